The first-order chi connectivity index (χ1) is 8.57. The van der Waals surface area contributed by atoms with E-state index < -0.39 is 10.0 Å². The van der Waals surface area contributed by atoms with Crippen LogP contribution in [0, 0.1) is 5.92 Å². The van der Waals surface area contributed by atoms with E-state index in [0.717, 1.165) is 6.42 Å². The number of hydrogen-bond donors (Lipinski definition) is 0. The molecule has 18 heavy (non-hydrogen) atoms. The highest BCUT2D eigenvalue weighted by Crippen LogP contribution is 2.25. The average molecular weight is 273 g/mol. The van der Waals surface area contributed by atoms with Gasteiger partial charge in [0.15, 0.2) is 12.0 Å². The van der Waals surface area contributed by atoms with E-state index in [1.807, 2.05) is 0 Å². The van der Waals surface area contributed by atoms with Gasteiger partial charge >= 0.3 is 0 Å². The van der Waals surface area contributed by atoms with Crippen molar-refractivity contribution in [3.63, 3.8) is 0 Å². The van der Waals surface area contributed by atoms with Crippen molar-refractivity contribution >= 4 is 16.3 Å². The highest BCUT2D eigenvalue weighted by molar-refractivity contribution is 7.89. The Morgan fingerprint density at radius 1 is 1.56 bits per heavy atom. The molecule has 1 fully saturated rings. The number of aldehydes is 1. The van der Waals surface area contributed by atoms with Gasteiger partial charge in [0.2, 0.25) is 5.09 Å². The minimum atomic E-state index is -3.63. The van der Waals surface area contributed by atoms with Crippen molar-refractivity contribution in [3.05, 3.63) is 17.9 Å². The summed E-state index contributed by atoms with van der Waals surface area (Å²) in [5.74, 6) is 0.228. The average Bonchev–Trinajstić information content (AvgIpc) is 2.98. The maximum absolute atomic E-state index is 12.2. The molecule has 0 saturated carbocycles. The molecule has 1 aliphatic rings. The van der Waals surface area contributed by atoms with Crippen LogP contribution in [0.5, 0.6) is 0 Å². The van der Waals surface area contributed by atoms with Crippen LogP contribution in [0.3, 0.4) is 0 Å². The van der Waals surface area contributed by atoms with Crippen LogP contribution in [0.25, 0.3) is 0 Å². The molecule has 6 nitrogen and oxygen atoms in total. The van der Waals surface area contributed by atoms with Gasteiger partial charge in [-0.2, -0.15) is 4.31 Å². The van der Waals surface area contributed by atoms with Gasteiger partial charge in [-0.3, -0.25) is 4.79 Å². The predicted octanol–water partition coefficient (Wildman–Crippen LogP) is 0.749. The van der Waals surface area contributed by atoms with Crippen LogP contribution in [0.4, 0.5) is 0 Å². The molecule has 0 aromatic carbocycles. The van der Waals surface area contributed by atoms with Crippen molar-refractivity contribution in [2.45, 2.75) is 11.5 Å². The lowest BCUT2D eigenvalue weighted by Gasteiger charge is -2.14. The smallest absolute Gasteiger partial charge is 0.276 e. The minimum Gasteiger partial charge on any atom is -0.440 e. The van der Waals surface area contributed by atoms with Crippen molar-refractivity contribution < 1.29 is 22.4 Å². The Bertz CT molecular complexity index is 521. The molecule has 1 aromatic rings. The molecule has 0 bridgehead atoms. The zero-order valence-corrected chi connectivity index (χ0v) is 10.9. The molecule has 0 radical (unpaired) electrons. The lowest BCUT2D eigenvalue weighted by molar-refractivity contribution is 0.109. The molecule has 100 valence electrons. The van der Waals surface area contributed by atoms with Crippen molar-refractivity contribution in [1.29, 1.82) is 0 Å². The topological polar surface area (TPSA) is 76.8 Å². The first kappa shape index (κ1) is 13.3. The number of nitrogens with zero attached hydrogens (tertiary/aromatic N) is 1. The Hall–Kier alpha value is -1.18. The molecule has 1 aliphatic heterocycles. The molecule has 1 saturated heterocycles. The molecular weight excluding hydrogens is 258 g/mol. The number of methoxy groups -OCH3 is 1. The molecule has 0 aliphatic carbocycles. The lowest BCUT2D eigenvalue weighted by atomic mass is 10.1. The molecule has 1 atom stereocenters. The Morgan fingerprint density at radius 2 is 2.33 bits per heavy atom. The van der Waals surface area contributed by atoms with E-state index >= 15 is 0 Å². The van der Waals surface area contributed by atoms with E-state index in [1.54, 1.807) is 7.11 Å². The van der Waals surface area contributed by atoms with Crippen molar-refractivity contribution in [2.24, 2.45) is 5.92 Å². The van der Waals surface area contributed by atoms with Crippen LogP contribution in [-0.2, 0) is 14.8 Å². The van der Waals surface area contributed by atoms with E-state index in [2.05, 4.69) is 0 Å². The molecule has 2 heterocycles. The van der Waals surface area contributed by atoms with Crippen LogP contribution in [0.2, 0.25) is 0 Å². The third-order valence-electron chi connectivity index (χ3n) is 2.96. The van der Waals surface area contributed by atoms with Gasteiger partial charge in [-0.15, -0.1) is 0 Å². The van der Waals surface area contributed by atoms with E-state index in [1.165, 1.54) is 16.4 Å². The SMILES string of the molecule is COCC1CCN(S(=O)(=O)c2ccc(C=O)o2)C1. The highest BCUT2D eigenvalue weighted by Gasteiger charge is 2.34. The van der Waals surface area contributed by atoms with Crippen molar-refractivity contribution in [1.82, 2.24) is 4.31 Å². The van der Waals surface area contributed by atoms with Gasteiger partial charge in [0, 0.05) is 20.2 Å². The third-order valence-corrected chi connectivity index (χ3v) is 4.70. The number of ether oxygens (including phenoxy) is 1. The summed E-state index contributed by atoms with van der Waals surface area (Å²) in [4.78, 5) is 10.5. The van der Waals surface area contributed by atoms with Crippen LogP contribution in [0.15, 0.2) is 21.6 Å². The van der Waals surface area contributed by atoms with Crippen LogP contribution in [0.1, 0.15) is 17.0 Å². The molecule has 0 amide bonds. The molecule has 1 aromatic heterocycles. The standard InChI is InChI=1S/C11H15NO5S/c1-16-8-9-4-5-12(6-9)18(14,15)11-3-2-10(7-13)17-11/h2-3,7,9H,4-6,8H2,1H3. The summed E-state index contributed by atoms with van der Waals surface area (Å²) in [5.41, 5.74) is 0. The van der Waals surface area contributed by atoms with Gasteiger partial charge in [0.1, 0.15) is 0 Å². The van der Waals surface area contributed by atoms with Gasteiger partial charge in [-0.05, 0) is 24.5 Å². The highest BCUT2D eigenvalue weighted by atomic mass is 32.2. The monoisotopic (exact) mass is 273 g/mol. The second kappa shape index (κ2) is 5.21. The van der Waals surface area contributed by atoms with Crippen LogP contribution < -0.4 is 0 Å². The summed E-state index contributed by atoms with van der Waals surface area (Å²) in [6.07, 6.45) is 1.26. The van der Waals surface area contributed by atoms with E-state index in [9.17, 15) is 13.2 Å². The largest absolute Gasteiger partial charge is 0.440 e. The number of hydrogen-bond acceptors (Lipinski definition) is 5. The molecule has 7 heteroatoms. The summed E-state index contributed by atoms with van der Waals surface area (Å²) in [7, 11) is -2.03. The van der Waals surface area contributed by atoms with E-state index in [0.29, 0.717) is 26.0 Å². The van der Waals surface area contributed by atoms with Crippen LogP contribution in [-0.4, -0.2) is 45.8 Å². The first-order valence-electron chi connectivity index (χ1n) is 5.62. The Morgan fingerprint density at radius 3 is 2.94 bits per heavy atom. The number of carbonyl (C=O) groups excluding carboxylic acids is 1. The summed E-state index contributed by atoms with van der Waals surface area (Å²) < 4.78 is 35.7. The zero-order chi connectivity index (χ0) is 13.2. The second-order valence-corrected chi connectivity index (χ2v) is 6.12. The maximum Gasteiger partial charge on any atom is 0.276 e. The van der Waals surface area contributed by atoms with Gasteiger partial charge in [-0.1, -0.05) is 0 Å². The number of sulfonamides is 1. The van der Waals surface area contributed by atoms with Crippen molar-refractivity contribution in [3.8, 4) is 0 Å². The Balaban J connectivity index is 2.14. The fourth-order valence-corrected chi connectivity index (χ4v) is 3.50. The van der Waals surface area contributed by atoms with E-state index in [4.69, 9.17) is 9.15 Å². The van der Waals surface area contributed by atoms with Gasteiger partial charge in [0.05, 0.1) is 6.61 Å². The first-order valence-corrected chi connectivity index (χ1v) is 7.06. The van der Waals surface area contributed by atoms with E-state index in [-0.39, 0.29) is 16.8 Å². The third kappa shape index (κ3) is 2.47. The fraction of sp³-hybridized carbons (Fsp3) is 0.545. The van der Waals surface area contributed by atoms with Gasteiger partial charge in [-0.25, -0.2) is 8.42 Å². The molecule has 0 spiro atoms. The summed E-state index contributed by atoms with van der Waals surface area (Å²) >= 11 is 0. The normalized spacial score (nSPS) is 21.3. The Labute approximate surface area is 106 Å². The predicted molar refractivity (Wildman–Crippen MR) is 62.8 cm³/mol. The minimum absolute atomic E-state index is 0.0150. The number of rotatable bonds is 5. The number of carbonyl (C=O) groups is 1. The second-order valence-electron chi connectivity index (χ2n) is 4.25. The quantitative estimate of drug-likeness (QED) is 0.740. The molecule has 0 N–H and O–H groups in total. The summed E-state index contributed by atoms with van der Waals surface area (Å²) in [5, 5.41) is -0.178. The summed E-state index contributed by atoms with van der Waals surface area (Å²) in [6, 6.07) is 2.66. The maximum atomic E-state index is 12.2. The molecule has 2 rings (SSSR count). The zero-order valence-electron chi connectivity index (χ0n) is 10.0. The lowest BCUT2D eigenvalue weighted by Crippen LogP contribution is -2.29. The van der Waals surface area contributed by atoms with Crippen LogP contribution >= 0.6 is 0 Å². The fourth-order valence-electron chi connectivity index (χ4n) is 2.05. The summed E-state index contributed by atoms with van der Waals surface area (Å²) in [6.45, 7) is 1.42. The van der Waals surface area contributed by atoms with Gasteiger partial charge in [0.25, 0.3) is 10.0 Å². The molecular formula is C11H15NO5S. The molecule has 1 unspecified atom stereocenters. The van der Waals surface area contributed by atoms with Crippen molar-refractivity contribution in [2.75, 3.05) is 26.8 Å². The number of furan rings is 1. The van der Waals surface area contributed by atoms with Gasteiger partial charge < -0.3 is 9.15 Å². The Kier molecular flexibility index (Phi) is 3.84.